The van der Waals surface area contributed by atoms with E-state index in [4.69, 9.17) is 9.47 Å². The van der Waals surface area contributed by atoms with Gasteiger partial charge in [0.15, 0.2) is 5.79 Å². The van der Waals surface area contributed by atoms with Gasteiger partial charge in [0.25, 0.3) is 0 Å². The first-order chi connectivity index (χ1) is 7.55. The second-order valence-corrected chi connectivity index (χ2v) is 4.93. The van der Waals surface area contributed by atoms with Crippen LogP contribution in [0, 0.1) is 5.41 Å². The highest BCUT2D eigenvalue weighted by Crippen LogP contribution is 2.33. The number of aromatic nitrogens is 3. The fourth-order valence-corrected chi connectivity index (χ4v) is 1.81. The van der Waals surface area contributed by atoms with E-state index in [9.17, 15) is 0 Å². The van der Waals surface area contributed by atoms with Crippen LogP contribution in [0.25, 0.3) is 0 Å². The predicted octanol–water partition coefficient (Wildman–Crippen LogP) is 1.46. The summed E-state index contributed by atoms with van der Waals surface area (Å²) in [4.78, 5) is 0. The molecule has 0 unspecified atom stereocenters. The van der Waals surface area contributed by atoms with E-state index < -0.39 is 5.79 Å². The van der Waals surface area contributed by atoms with Gasteiger partial charge in [-0.15, -0.1) is 5.10 Å². The average molecular weight is 225 g/mol. The van der Waals surface area contributed by atoms with E-state index in [1.807, 2.05) is 24.7 Å². The number of rotatable bonds is 3. The van der Waals surface area contributed by atoms with Crippen molar-refractivity contribution >= 4 is 0 Å². The summed E-state index contributed by atoms with van der Waals surface area (Å²) in [6.07, 6.45) is 4.57. The summed E-state index contributed by atoms with van der Waals surface area (Å²) in [6, 6.07) is 0. The van der Waals surface area contributed by atoms with Gasteiger partial charge >= 0.3 is 0 Å². The highest BCUT2D eigenvalue weighted by atomic mass is 16.7. The maximum absolute atomic E-state index is 5.74. The first-order valence-corrected chi connectivity index (χ1v) is 5.67. The molecule has 1 aromatic rings. The van der Waals surface area contributed by atoms with Gasteiger partial charge in [-0.1, -0.05) is 12.1 Å². The van der Waals surface area contributed by atoms with E-state index in [-0.39, 0.29) is 5.41 Å². The number of nitrogens with zero attached hydrogens (tertiary/aromatic N) is 3. The van der Waals surface area contributed by atoms with E-state index >= 15 is 0 Å². The minimum atomic E-state index is -0.457. The lowest BCUT2D eigenvalue weighted by atomic mass is 9.86. The summed E-state index contributed by atoms with van der Waals surface area (Å²) in [5.74, 6) is -0.457. The summed E-state index contributed by atoms with van der Waals surface area (Å²) in [5, 5.41) is 7.81. The fourth-order valence-electron chi connectivity index (χ4n) is 1.81. The molecule has 1 aliphatic heterocycles. The standard InChI is InChI=1S/C11H19N3O2/c1-4-11(7-14-6-5-12-13-14)8-15-10(2,3)16-9-11/h5-6H,4,7-9H2,1-3H3. The molecule has 1 fully saturated rings. The van der Waals surface area contributed by atoms with Gasteiger partial charge in [0.2, 0.25) is 0 Å². The molecule has 1 aliphatic rings. The highest BCUT2D eigenvalue weighted by molar-refractivity contribution is 4.83. The molecule has 2 rings (SSSR count). The van der Waals surface area contributed by atoms with E-state index in [1.165, 1.54) is 0 Å². The molecule has 2 heterocycles. The third-order valence-corrected chi connectivity index (χ3v) is 3.17. The van der Waals surface area contributed by atoms with Gasteiger partial charge in [0.1, 0.15) is 0 Å². The molecular formula is C11H19N3O2. The molecule has 0 spiro atoms. The predicted molar refractivity (Wildman–Crippen MR) is 58.7 cm³/mol. The second kappa shape index (κ2) is 4.14. The summed E-state index contributed by atoms with van der Waals surface area (Å²) < 4.78 is 13.3. The van der Waals surface area contributed by atoms with Crippen LogP contribution in [0.5, 0.6) is 0 Å². The van der Waals surface area contributed by atoms with Crippen molar-refractivity contribution in [2.75, 3.05) is 13.2 Å². The Bertz CT molecular complexity index is 325. The average Bonchev–Trinajstić information content (AvgIpc) is 2.74. The zero-order valence-corrected chi connectivity index (χ0v) is 10.1. The first kappa shape index (κ1) is 11.5. The van der Waals surface area contributed by atoms with Crippen molar-refractivity contribution in [3.8, 4) is 0 Å². The van der Waals surface area contributed by atoms with Crippen LogP contribution >= 0.6 is 0 Å². The number of hydrogen-bond acceptors (Lipinski definition) is 4. The van der Waals surface area contributed by atoms with E-state index in [1.54, 1.807) is 6.20 Å². The minimum absolute atomic E-state index is 0.0171. The Labute approximate surface area is 95.7 Å². The zero-order valence-electron chi connectivity index (χ0n) is 10.1. The van der Waals surface area contributed by atoms with Gasteiger partial charge in [0.05, 0.1) is 26.0 Å². The van der Waals surface area contributed by atoms with Crippen molar-refractivity contribution < 1.29 is 9.47 Å². The van der Waals surface area contributed by atoms with Gasteiger partial charge in [-0.05, 0) is 20.3 Å². The Hall–Kier alpha value is -0.940. The van der Waals surface area contributed by atoms with Crippen molar-refractivity contribution in [1.82, 2.24) is 15.0 Å². The molecule has 0 aliphatic carbocycles. The summed E-state index contributed by atoms with van der Waals surface area (Å²) in [5.41, 5.74) is 0.0171. The third-order valence-electron chi connectivity index (χ3n) is 3.17. The second-order valence-electron chi connectivity index (χ2n) is 4.93. The molecule has 0 bridgehead atoms. The lowest BCUT2D eigenvalue weighted by Gasteiger charge is -2.42. The van der Waals surface area contributed by atoms with Crippen LogP contribution in [0.2, 0.25) is 0 Å². The minimum Gasteiger partial charge on any atom is -0.350 e. The van der Waals surface area contributed by atoms with Crippen LogP contribution < -0.4 is 0 Å². The molecule has 0 N–H and O–H groups in total. The maximum Gasteiger partial charge on any atom is 0.162 e. The Morgan fingerprint density at radius 3 is 2.50 bits per heavy atom. The van der Waals surface area contributed by atoms with Crippen LogP contribution in [-0.2, 0) is 16.0 Å². The molecule has 0 saturated carbocycles. The topological polar surface area (TPSA) is 49.2 Å². The molecule has 5 nitrogen and oxygen atoms in total. The molecular weight excluding hydrogens is 206 g/mol. The van der Waals surface area contributed by atoms with Crippen molar-refractivity contribution in [2.45, 2.75) is 39.5 Å². The molecule has 0 aromatic carbocycles. The van der Waals surface area contributed by atoms with Crippen molar-refractivity contribution in [3.05, 3.63) is 12.4 Å². The van der Waals surface area contributed by atoms with Crippen molar-refractivity contribution in [2.24, 2.45) is 5.41 Å². The molecule has 0 amide bonds. The Morgan fingerprint density at radius 2 is 2.00 bits per heavy atom. The zero-order chi connectivity index (χ0) is 11.6. The summed E-state index contributed by atoms with van der Waals surface area (Å²) in [7, 11) is 0. The van der Waals surface area contributed by atoms with Gasteiger partial charge < -0.3 is 9.47 Å². The first-order valence-electron chi connectivity index (χ1n) is 5.67. The quantitative estimate of drug-likeness (QED) is 0.781. The number of hydrogen-bond donors (Lipinski definition) is 0. The van der Waals surface area contributed by atoms with Crippen LogP contribution in [0.3, 0.4) is 0 Å². The largest absolute Gasteiger partial charge is 0.350 e. The van der Waals surface area contributed by atoms with Crippen molar-refractivity contribution in [1.29, 1.82) is 0 Å². The molecule has 5 heteroatoms. The van der Waals surface area contributed by atoms with E-state index in [0.717, 1.165) is 13.0 Å². The van der Waals surface area contributed by atoms with Gasteiger partial charge in [-0.25, -0.2) is 0 Å². The molecule has 90 valence electrons. The van der Waals surface area contributed by atoms with Crippen molar-refractivity contribution in [3.63, 3.8) is 0 Å². The molecule has 16 heavy (non-hydrogen) atoms. The Morgan fingerprint density at radius 1 is 1.31 bits per heavy atom. The van der Waals surface area contributed by atoms with Crippen LogP contribution in [0.1, 0.15) is 27.2 Å². The SMILES string of the molecule is CCC1(Cn2ccnn2)COC(C)(C)OC1. The Kier molecular flexibility index (Phi) is 2.99. The number of ether oxygens (including phenoxy) is 2. The molecule has 1 saturated heterocycles. The van der Waals surface area contributed by atoms with Gasteiger partial charge in [-0.3, -0.25) is 4.68 Å². The van der Waals surface area contributed by atoms with Gasteiger partial charge in [0, 0.05) is 11.6 Å². The van der Waals surface area contributed by atoms with Crippen LogP contribution in [-0.4, -0.2) is 34.0 Å². The van der Waals surface area contributed by atoms with Gasteiger partial charge in [-0.2, -0.15) is 0 Å². The monoisotopic (exact) mass is 225 g/mol. The Balaban J connectivity index is 2.04. The fraction of sp³-hybridized carbons (Fsp3) is 0.818. The third kappa shape index (κ3) is 2.41. The lowest BCUT2D eigenvalue weighted by Crippen LogP contribution is -2.48. The lowest BCUT2D eigenvalue weighted by molar-refractivity contribution is -0.288. The summed E-state index contributed by atoms with van der Waals surface area (Å²) in [6.45, 7) is 8.25. The maximum atomic E-state index is 5.74. The molecule has 1 aromatic heterocycles. The molecule has 0 radical (unpaired) electrons. The highest BCUT2D eigenvalue weighted by Gasteiger charge is 2.39. The molecule has 0 atom stereocenters. The van der Waals surface area contributed by atoms with Crippen LogP contribution in [0.15, 0.2) is 12.4 Å². The summed E-state index contributed by atoms with van der Waals surface area (Å²) >= 11 is 0. The van der Waals surface area contributed by atoms with E-state index in [0.29, 0.717) is 13.2 Å². The smallest absolute Gasteiger partial charge is 0.162 e. The normalized spacial score (nSPS) is 23.2. The van der Waals surface area contributed by atoms with E-state index in [2.05, 4.69) is 17.2 Å². The van der Waals surface area contributed by atoms with Crippen LogP contribution in [0.4, 0.5) is 0 Å².